The molecule has 0 amide bonds. The van der Waals surface area contributed by atoms with Crippen molar-refractivity contribution in [1.29, 1.82) is 0 Å². The Morgan fingerprint density at radius 2 is 1.88 bits per heavy atom. The predicted octanol–water partition coefficient (Wildman–Crippen LogP) is 3.87. The van der Waals surface area contributed by atoms with Crippen molar-refractivity contribution in [2.45, 2.75) is 17.6 Å². The van der Waals surface area contributed by atoms with Crippen molar-refractivity contribution in [3.05, 3.63) is 59.7 Å². The maximum Gasteiger partial charge on any atom is 0.0317 e. The molecule has 16 heavy (non-hydrogen) atoms. The minimum Gasteiger partial charge on any atom is -0.399 e. The molecule has 2 rings (SSSR count). The lowest BCUT2D eigenvalue weighted by Gasteiger charge is -2.05. The zero-order valence-electron chi connectivity index (χ0n) is 9.31. The zero-order chi connectivity index (χ0) is 11.4. The van der Waals surface area contributed by atoms with E-state index in [0.29, 0.717) is 0 Å². The normalized spacial score (nSPS) is 10.3. The summed E-state index contributed by atoms with van der Waals surface area (Å²) in [4.78, 5) is 1.34. The Morgan fingerprint density at radius 3 is 2.62 bits per heavy atom. The van der Waals surface area contributed by atoms with Gasteiger partial charge in [0.1, 0.15) is 0 Å². The van der Waals surface area contributed by atoms with Crippen LogP contribution in [0.3, 0.4) is 0 Å². The van der Waals surface area contributed by atoms with Crippen LogP contribution in [0, 0.1) is 6.92 Å². The van der Waals surface area contributed by atoms with Crippen LogP contribution in [0.4, 0.5) is 5.69 Å². The number of benzene rings is 2. The molecule has 0 bridgehead atoms. The largest absolute Gasteiger partial charge is 0.399 e. The van der Waals surface area contributed by atoms with Crippen molar-refractivity contribution in [2.75, 3.05) is 5.73 Å². The minimum absolute atomic E-state index is 0.836. The van der Waals surface area contributed by atoms with E-state index in [9.17, 15) is 0 Å². The Balaban J connectivity index is 2.05. The summed E-state index contributed by atoms with van der Waals surface area (Å²) < 4.78 is 0. The summed E-state index contributed by atoms with van der Waals surface area (Å²) in [6.07, 6.45) is 0. The van der Waals surface area contributed by atoms with E-state index < -0.39 is 0 Å². The summed E-state index contributed by atoms with van der Waals surface area (Å²) in [5, 5.41) is 0. The average molecular weight is 229 g/mol. The number of nitrogen functional groups attached to an aromatic ring is 1. The summed E-state index contributed by atoms with van der Waals surface area (Å²) in [6.45, 7) is 2.14. The van der Waals surface area contributed by atoms with Crippen molar-refractivity contribution >= 4 is 17.4 Å². The summed E-state index contributed by atoms with van der Waals surface area (Å²) in [5.41, 5.74) is 9.19. The summed E-state index contributed by atoms with van der Waals surface area (Å²) >= 11 is 1.85. The molecule has 0 saturated carbocycles. The quantitative estimate of drug-likeness (QED) is 0.638. The number of thioether (sulfide) groups is 1. The molecule has 0 heterocycles. The molecule has 0 saturated heterocycles. The molecule has 0 aliphatic carbocycles. The Hall–Kier alpha value is -1.41. The smallest absolute Gasteiger partial charge is 0.0317 e. The van der Waals surface area contributed by atoms with Gasteiger partial charge in [-0.25, -0.2) is 0 Å². The Bertz CT molecular complexity index is 480. The summed E-state index contributed by atoms with van der Waals surface area (Å²) in [5.74, 6) is 0.968. The molecule has 0 aliphatic rings. The van der Waals surface area contributed by atoms with E-state index in [2.05, 4.69) is 37.3 Å². The van der Waals surface area contributed by atoms with Gasteiger partial charge in [-0.3, -0.25) is 0 Å². The fourth-order valence-electron chi connectivity index (χ4n) is 1.56. The van der Waals surface area contributed by atoms with Crippen LogP contribution in [0.25, 0.3) is 0 Å². The molecule has 0 radical (unpaired) electrons. The lowest BCUT2D eigenvalue weighted by atomic mass is 10.2. The second-order valence-corrected chi connectivity index (χ2v) is 4.82. The molecule has 0 fully saturated rings. The molecule has 0 aliphatic heterocycles. The van der Waals surface area contributed by atoms with Gasteiger partial charge < -0.3 is 5.73 Å². The molecule has 2 heteroatoms. The number of aryl methyl sites for hydroxylation is 1. The third-order valence-electron chi connectivity index (χ3n) is 2.44. The van der Waals surface area contributed by atoms with Crippen LogP contribution >= 0.6 is 11.8 Å². The van der Waals surface area contributed by atoms with Crippen molar-refractivity contribution in [2.24, 2.45) is 0 Å². The van der Waals surface area contributed by atoms with E-state index in [0.717, 1.165) is 11.4 Å². The van der Waals surface area contributed by atoms with Crippen LogP contribution in [-0.2, 0) is 5.75 Å². The van der Waals surface area contributed by atoms with Crippen LogP contribution in [0.15, 0.2) is 53.4 Å². The number of anilines is 1. The van der Waals surface area contributed by atoms with Gasteiger partial charge in [0.2, 0.25) is 0 Å². The van der Waals surface area contributed by atoms with Crippen molar-refractivity contribution in [3.63, 3.8) is 0 Å². The van der Waals surface area contributed by atoms with Crippen molar-refractivity contribution < 1.29 is 0 Å². The number of rotatable bonds is 3. The Morgan fingerprint density at radius 1 is 1.06 bits per heavy atom. The minimum atomic E-state index is 0.836. The van der Waals surface area contributed by atoms with Gasteiger partial charge in [-0.2, -0.15) is 0 Å². The van der Waals surface area contributed by atoms with Crippen LogP contribution in [0.1, 0.15) is 11.1 Å². The maximum absolute atomic E-state index is 5.75. The SMILES string of the molecule is Cc1ccccc1SCc1cccc(N)c1. The van der Waals surface area contributed by atoms with E-state index in [1.807, 2.05) is 30.0 Å². The fraction of sp³-hybridized carbons (Fsp3) is 0.143. The van der Waals surface area contributed by atoms with Gasteiger partial charge in [0.15, 0.2) is 0 Å². The van der Waals surface area contributed by atoms with Crippen LogP contribution in [0.2, 0.25) is 0 Å². The van der Waals surface area contributed by atoms with Gasteiger partial charge in [-0.05, 0) is 36.2 Å². The van der Waals surface area contributed by atoms with Gasteiger partial charge in [0, 0.05) is 16.3 Å². The second-order valence-electron chi connectivity index (χ2n) is 3.80. The van der Waals surface area contributed by atoms with Crippen LogP contribution < -0.4 is 5.73 Å². The first-order valence-corrected chi connectivity index (χ1v) is 6.27. The average Bonchev–Trinajstić information content (AvgIpc) is 2.28. The molecular formula is C14H15NS. The lowest BCUT2D eigenvalue weighted by Crippen LogP contribution is -1.87. The lowest BCUT2D eigenvalue weighted by molar-refractivity contribution is 1.29. The van der Waals surface area contributed by atoms with Crippen molar-refractivity contribution in [3.8, 4) is 0 Å². The predicted molar refractivity (Wildman–Crippen MR) is 71.6 cm³/mol. The molecule has 0 unspecified atom stereocenters. The van der Waals surface area contributed by atoms with E-state index in [1.165, 1.54) is 16.0 Å². The van der Waals surface area contributed by atoms with E-state index in [4.69, 9.17) is 5.73 Å². The first kappa shape index (κ1) is 11.1. The van der Waals surface area contributed by atoms with Gasteiger partial charge in [0.25, 0.3) is 0 Å². The van der Waals surface area contributed by atoms with Crippen LogP contribution in [0.5, 0.6) is 0 Å². The molecule has 0 atom stereocenters. The molecule has 0 spiro atoms. The maximum atomic E-state index is 5.75. The monoisotopic (exact) mass is 229 g/mol. The van der Waals surface area contributed by atoms with Gasteiger partial charge in [-0.1, -0.05) is 30.3 Å². The topological polar surface area (TPSA) is 26.0 Å². The third kappa shape index (κ3) is 2.80. The molecule has 2 aromatic carbocycles. The Kier molecular flexibility index (Phi) is 3.52. The van der Waals surface area contributed by atoms with Crippen LogP contribution in [-0.4, -0.2) is 0 Å². The third-order valence-corrected chi connectivity index (χ3v) is 3.69. The second kappa shape index (κ2) is 5.08. The Labute approximate surface area is 101 Å². The standard InChI is InChI=1S/C14H15NS/c1-11-5-2-3-8-14(11)16-10-12-6-4-7-13(15)9-12/h2-9H,10,15H2,1H3. The van der Waals surface area contributed by atoms with E-state index in [1.54, 1.807) is 0 Å². The van der Waals surface area contributed by atoms with Crippen molar-refractivity contribution in [1.82, 2.24) is 0 Å². The molecular weight excluding hydrogens is 214 g/mol. The molecule has 0 aromatic heterocycles. The number of nitrogens with two attached hydrogens (primary N) is 1. The van der Waals surface area contributed by atoms with Gasteiger partial charge in [0.05, 0.1) is 0 Å². The first-order chi connectivity index (χ1) is 7.75. The number of hydrogen-bond acceptors (Lipinski definition) is 2. The highest BCUT2D eigenvalue weighted by Gasteiger charge is 1.99. The molecule has 1 nitrogen and oxygen atoms in total. The highest BCUT2D eigenvalue weighted by molar-refractivity contribution is 7.98. The van der Waals surface area contributed by atoms with Gasteiger partial charge >= 0.3 is 0 Å². The molecule has 2 N–H and O–H groups in total. The van der Waals surface area contributed by atoms with E-state index >= 15 is 0 Å². The number of hydrogen-bond donors (Lipinski definition) is 1. The fourth-order valence-corrected chi connectivity index (χ4v) is 2.53. The zero-order valence-corrected chi connectivity index (χ0v) is 10.1. The van der Waals surface area contributed by atoms with E-state index in [-0.39, 0.29) is 0 Å². The summed E-state index contributed by atoms with van der Waals surface area (Å²) in [7, 11) is 0. The summed E-state index contributed by atoms with van der Waals surface area (Å²) in [6, 6.07) is 16.5. The first-order valence-electron chi connectivity index (χ1n) is 5.28. The van der Waals surface area contributed by atoms with Gasteiger partial charge in [-0.15, -0.1) is 11.8 Å². The molecule has 82 valence electrons. The highest BCUT2D eigenvalue weighted by Crippen LogP contribution is 2.26. The highest BCUT2D eigenvalue weighted by atomic mass is 32.2. The molecule has 2 aromatic rings.